The molecule has 0 aliphatic heterocycles. The van der Waals surface area contributed by atoms with Crippen molar-refractivity contribution >= 4 is 11.8 Å². The minimum absolute atomic E-state index is 0.487. The zero-order valence-electron chi connectivity index (χ0n) is 11.5. The van der Waals surface area contributed by atoms with Crippen molar-refractivity contribution in [2.45, 2.75) is 49.7 Å². The van der Waals surface area contributed by atoms with Gasteiger partial charge in [0.25, 0.3) is 5.22 Å². The van der Waals surface area contributed by atoms with Crippen LogP contribution in [0.2, 0.25) is 0 Å². The lowest BCUT2D eigenvalue weighted by Crippen LogP contribution is -2.04. The zero-order valence-corrected chi connectivity index (χ0v) is 12.3. The quantitative estimate of drug-likeness (QED) is 0.783. The maximum absolute atomic E-state index is 5.78. The average molecular weight is 289 g/mol. The summed E-state index contributed by atoms with van der Waals surface area (Å²) in [5, 5.41) is 9.06. The van der Waals surface area contributed by atoms with Gasteiger partial charge in [0, 0.05) is 23.6 Å². The number of nitrogens with zero attached hydrogens (tertiary/aromatic N) is 3. The van der Waals surface area contributed by atoms with Crippen molar-refractivity contribution in [2.24, 2.45) is 0 Å². The van der Waals surface area contributed by atoms with Gasteiger partial charge in [0.05, 0.1) is 0 Å². The second-order valence-corrected chi connectivity index (χ2v) is 6.21. The highest BCUT2D eigenvalue weighted by Crippen LogP contribution is 2.32. The summed E-state index contributed by atoms with van der Waals surface area (Å²) in [6.07, 6.45) is 9.06. The summed E-state index contributed by atoms with van der Waals surface area (Å²) in [6, 6.07) is 5.99. The monoisotopic (exact) mass is 289 g/mol. The van der Waals surface area contributed by atoms with Crippen molar-refractivity contribution in [3.8, 4) is 0 Å². The second-order valence-electron chi connectivity index (χ2n) is 5.16. The summed E-state index contributed by atoms with van der Waals surface area (Å²) < 4.78 is 5.78. The molecular weight excluding hydrogens is 270 g/mol. The molecule has 106 valence electrons. The number of thioether (sulfide) groups is 1. The van der Waals surface area contributed by atoms with Gasteiger partial charge < -0.3 is 4.42 Å². The van der Waals surface area contributed by atoms with Gasteiger partial charge in [-0.2, -0.15) is 0 Å². The molecule has 20 heavy (non-hydrogen) atoms. The predicted octanol–water partition coefficient (Wildman–Crippen LogP) is 3.85. The Bertz CT molecular complexity index is 523. The molecule has 0 aromatic carbocycles. The van der Waals surface area contributed by atoms with E-state index in [0.717, 1.165) is 23.8 Å². The fraction of sp³-hybridized carbons (Fsp3) is 0.533. The van der Waals surface area contributed by atoms with E-state index >= 15 is 0 Å². The molecule has 2 heterocycles. The zero-order chi connectivity index (χ0) is 13.6. The highest BCUT2D eigenvalue weighted by Gasteiger charge is 2.21. The maximum atomic E-state index is 5.78. The molecule has 0 N–H and O–H groups in total. The van der Waals surface area contributed by atoms with E-state index in [1.165, 1.54) is 32.1 Å². The van der Waals surface area contributed by atoms with Crippen LogP contribution in [0, 0.1) is 0 Å². The highest BCUT2D eigenvalue weighted by atomic mass is 32.2. The summed E-state index contributed by atoms with van der Waals surface area (Å²) in [7, 11) is 0. The first-order valence-electron chi connectivity index (χ1n) is 7.28. The lowest BCUT2D eigenvalue weighted by Gasteiger charge is -2.17. The maximum Gasteiger partial charge on any atom is 0.276 e. The smallest absolute Gasteiger partial charge is 0.276 e. The Morgan fingerprint density at radius 3 is 2.85 bits per heavy atom. The van der Waals surface area contributed by atoms with E-state index in [1.807, 2.05) is 24.4 Å². The lowest BCUT2D eigenvalue weighted by molar-refractivity contribution is 0.334. The van der Waals surface area contributed by atoms with Gasteiger partial charge in [-0.1, -0.05) is 37.1 Å². The third-order valence-corrected chi connectivity index (χ3v) is 4.51. The van der Waals surface area contributed by atoms with Crippen molar-refractivity contribution in [3.63, 3.8) is 0 Å². The van der Waals surface area contributed by atoms with E-state index in [-0.39, 0.29) is 0 Å². The molecule has 1 saturated carbocycles. The van der Waals surface area contributed by atoms with E-state index in [9.17, 15) is 0 Å². The minimum atomic E-state index is 0.487. The molecule has 1 fully saturated rings. The standard InChI is InChI=1S/C15H19N3OS/c1-2-6-12(7-3-1)14-17-18-15(19-14)20-11-9-13-8-4-5-10-16-13/h4-5,8,10,12H,1-3,6-7,9,11H2. The molecule has 0 atom stereocenters. The highest BCUT2D eigenvalue weighted by molar-refractivity contribution is 7.99. The Hall–Kier alpha value is -1.36. The fourth-order valence-electron chi connectivity index (χ4n) is 2.58. The SMILES string of the molecule is c1ccc(CCSc2nnc(C3CCCCC3)o2)nc1. The predicted molar refractivity (Wildman–Crippen MR) is 78.8 cm³/mol. The molecule has 4 nitrogen and oxygen atoms in total. The number of hydrogen-bond donors (Lipinski definition) is 0. The number of aryl methyl sites for hydroxylation is 1. The number of hydrogen-bond acceptors (Lipinski definition) is 5. The van der Waals surface area contributed by atoms with Crippen LogP contribution in [-0.2, 0) is 6.42 Å². The Morgan fingerprint density at radius 1 is 1.15 bits per heavy atom. The van der Waals surface area contributed by atoms with Gasteiger partial charge in [-0.05, 0) is 31.4 Å². The Morgan fingerprint density at radius 2 is 2.05 bits per heavy atom. The van der Waals surface area contributed by atoms with Crippen LogP contribution >= 0.6 is 11.8 Å². The molecule has 5 heteroatoms. The molecule has 0 saturated heterocycles. The summed E-state index contributed by atoms with van der Waals surface area (Å²) >= 11 is 1.62. The van der Waals surface area contributed by atoms with Crippen molar-refractivity contribution in [3.05, 3.63) is 36.0 Å². The first-order chi connectivity index (χ1) is 9.92. The Labute approximate surface area is 123 Å². The summed E-state index contributed by atoms with van der Waals surface area (Å²) in [4.78, 5) is 4.31. The van der Waals surface area contributed by atoms with Crippen LogP contribution in [0.15, 0.2) is 34.0 Å². The van der Waals surface area contributed by atoms with E-state index in [2.05, 4.69) is 15.2 Å². The molecule has 1 aliphatic carbocycles. The molecule has 0 bridgehead atoms. The van der Waals surface area contributed by atoms with Gasteiger partial charge >= 0.3 is 0 Å². The summed E-state index contributed by atoms with van der Waals surface area (Å²) in [6.45, 7) is 0. The van der Waals surface area contributed by atoms with Crippen molar-refractivity contribution < 1.29 is 4.42 Å². The van der Waals surface area contributed by atoms with Gasteiger partial charge in [-0.15, -0.1) is 10.2 Å². The minimum Gasteiger partial charge on any atom is -0.416 e. The first kappa shape index (κ1) is 13.6. The largest absolute Gasteiger partial charge is 0.416 e. The van der Waals surface area contributed by atoms with Crippen LogP contribution in [0.25, 0.3) is 0 Å². The Kier molecular flexibility index (Phi) is 4.69. The van der Waals surface area contributed by atoms with Crippen molar-refractivity contribution in [1.82, 2.24) is 15.2 Å². The molecule has 2 aromatic rings. The summed E-state index contributed by atoms with van der Waals surface area (Å²) in [5.41, 5.74) is 1.10. The lowest BCUT2D eigenvalue weighted by atomic mass is 9.89. The molecular formula is C15H19N3OS. The van der Waals surface area contributed by atoms with Crippen molar-refractivity contribution in [1.29, 1.82) is 0 Å². The van der Waals surface area contributed by atoms with Crippen LogP contribution in [0.3, 0.4) is 0 Å². The van der Waals surface area contributed by atoms with E-state index < -0.39 is 0 Å². The van der Waals surface area contributed by atoms with Crippen molar-refractivity contribution in [2.75, 3.05) is 5.75 Å². The van der Waals surface area contributed by atoms with Crippen LogP contribution < -0.4 is 0 Å². The molecule has 3 rings (SSSR count). The molecule has 0 unspecified atom stereocenters. The van der Waals surface area contributed by atoms with Gasteiger partial charge in [0.15, 0.2) is 0 Å². The number of rotatable bonds is 5. The molecule has 0 radical (unpaired) electrons. The van der Waals surface area contributed by atoms with Gasteiger partial charge in [-0.3, -0.25) is 4.98 Å². The van der Waals surface area contributed by atoms with Crippen LogP contribution in [-0.4, -0.2) is 20.9 Å². The normalized spacial score (nSPS) is 16.4. The topological polar surface area (TPSA) is 51.8 Å². The Balaban J connectivity index is 1.50. The van der Waals surface area contributed by atoms with E-state index in [4.69, 9.17) is 4.42 Å². The molecule has 0 amide bonds. The third kappa shape index (κ3) is 3.60. The summed E-state index contributed by atoms with van der Waals surface area (Å²) in [5.74, 6) is 2.25. The fourth-order valence-corrected chi connectivity index (χ4v) is 3.31. The van der Waals surface area contributed by atoms with Crippen LogP contribution in [0.5, 0.6) is 0 Å². The van der Waals surface area contributed by atoms with Crippen LogP contribution in [0.1, 0.15) is 49.6 Å². The average Bonchev–Trinajstić information content (AvgIpc) is 2.98. The van der Waals surface area contributed by atoms with Crippen LogP contribution in [0.4, 0.5) is 0 Å². The van der Waals surface area contributed by atoms with E-state index in [1.54, 1.807) is 11.8 Å². The molecule has 2 aromatic heterocycles. The van der Waals surface area contributed by atoms with Gasteiger partial charge in [0.2, 0.25) is 5.89 Å². The molecule has 1 aliphatic rings. The van der Waals surface area contributed by atoms with Gasteiger partial charge in [0.1, 0.15) is 0 Å². The molecule has 0 spiro atoms. The third-order valence-electron chi connectivity index (χ3n) is 3.69. The number of pyridine rings is 1. The second kappa shape index (κ2) is 6.88. The number of aromatic nitrogens is 3. The first-order valence-corrected chi connectivity index (χ1v) is 8.26. The van der Waals surface area contributed by atoms with Gasteiger partial charge in [-0.25, -0.2) is 0 Å². The van der Waals surface area contributed by atoms with E-state index in [0.29, 0.717) is 11.1 Å².